The zero-order valence-electron chi connectivity index (χ0n) is 10.8. The molecule has 2 aromatic carbocycles. The zero-order chi connectivity index (χ0) is 14.1. The molecule has 0 saturated heterocycles. The van der Waals surface area contributed by atoms with Gasteiger partial charge in [-0.05, 0) is 29.3 Å². The number of ether oxygens (including phenoxy) is 1. The number of hydrogen-bond donors (Lipinski definition) is 1. The van der Waals surface area contributed by atoms with E-state index in [1.54, 1.807) is 18.2 Å². The third kappa shape index (κ3) is 2.58. The largest absolute Gasteiger partial charge is 0.493 e. The van der Waals surface area contributed by atoms with E-state index < -0.39 is 6.10 Å². The second-order valence-corrected chi connectivity index (χ2v) is 5.81. The van der Waals surface area contributed by atoms with E-state index in [1.807, 2.05) is 12.1 Å². The van der Waals surface area contributed by atoms with Crippen molar-refractivity contribution in [2.24, 2.45) is 0 Å². The van der Waals surface area contributed by atoms with Crippen LogP contribution in [0.25, 0.3) is 0 Å². The Hall–Kier alpha value is -1.39. The minimum absolute atomic E-state index is 0.235. The maximum Gasteiger partial charge on any atom is 0.128 e. The smallest absolute Gasteiger partial charge is 0.128 e. The maximum atomic E-state index is 13.7. The van der Waals surface area contributed by atoms with Crippen molar-refractivity contribution in [3.63, 3.8) is 0 Å². The minimum Gasteiger partial charge on any atom is -0.493 e. The number of fused-ring (bicyclic) bond motifs is 1. The molecule has 1 aliphatic heterocycles. The van der Waals surface area contributed by atoms with Gasteiger partial charge in [-0.1, -0.05) is 34.1 Å². The molecule has 2 aromatic rings. The van der Waals surface area contributed by atoms with Crippen LogP contribution in [0.4, 0.5) is 4.39 Å². The number of benzene rings is 2. The quantitative estimate of drug-likeness (QED) is 0.923. The lowest BCUT2D eigenvalue weighted by molar-refractivity contribution is 0.172. The Kier molecular flexibility index (Phi) is 3.76. The average Bonchev–Trinajstić information content (AvgIpc) is 2.88. The predicted molar refractivity (Wildman–Crippen MR) is 78.4 cm³/mol. The van der Waals surface area contributed by atoms with Crippen LogP contribution in [0.1, 0.15) is 22.8 Å². The van der Waals surface area contributed by atoms with Gasteiger partial charge in [0, 0.05) is 22.9 Å². The Balaban J connectivity index is 1.92. The van der Waals surface area contributed by atoms with E-state index in [0.717, 1.165) is 27.8 Å². The molecule has 4 heteroatoms. The molecule has 0 bridgehead atoms. The highest BCUT2D eigenvalue weighted by Crippen LogP contribution is 2.37. The summed E-state index contributed by atoms with van der Waals surface area (Å²) in [5.41, 5.74) is 2.31. The lowest BCUT2D eigenvalue weighted by Crippen LogP contribution is -2.05. The summed E-state index contributed by atoms with van der Waals surface area (Å²) in [5.74, 6) is 0.455. The predicted octanol–water partition coefficient (Wildman–Crippen LogP) is 3.80. The molecule has 0 spiro atoms. The Labute approximate surface area is 125 Å². The highest BCUT2D eigenvalue weighted by Gasteiger charge is 2.22. The van der Waals surface area contributed by atoms with E-state index >= 15 is 0 Å². The Morgan fingerprint density at radius 2 is 2.10 bits per heavy atom. The molecule has 1 heterocycles. The lowest BCUT2D eigenvalue weighted by Gasteiger charge is -2.15. The first-order chi connectivity index (χ1) is 9.65. The summed E-state index contributed by atoms with van der Waals surface area (Å²) in [6, 6.07) is 10.4. The van der Waals surface area contributed by atoms with Crippen LogP contribution in [0, 0.1) is 5.82 Å². The van der Waals surface area contributed by atoms with E-state index in [0.29, 0.717) is 12.2 Å². The minimum atomic E-state index is -0.781. The zero-order valence-corrected chi connectivity index (χ0v) is 12.4. The van der Waals surface area contributed by atoms with Crippen LogP contribution in [-0.4, -0.2) is 11.7 Å². The molecule has 0 amide bonds. The lowest BCUT2D eigenvalue weighted by atomic mass is 9.98. The fourth-order valence-electron chi connectivity index (χ4n) is 2.53. The molecule has 0 aliphatic carbocycles. The molecule has 1 aliphatic rings. The molecule has 1 N–H and O–H groups in total. The molecule has 1 atom stereocenters. The van der Waals surface area contributed by atoms with Gasteiger partial charge in [0.05, 0.1) is 12.7 Å². The summed E-state index contributed by atoms with van der Waals surface area (Å²) in [6.45, 7) is 0.630. The van der Waals surface area contributed by atoms with Gasteiger partial charge in [0.2, 0.25) is 0 Å². The van der Waals surface area contributed by atoms with Crippen LogP contribution >= 0.6 is 15.9 Å². The first-order valence-electron chi connectivity index (χ1n) is 6.52. The second kappa shape index (κ2) is 5.54. The van der Waals surface area contributed by atoms with Gasteiger partial charge in [0.1, 0.15) is 11.6 Å². The molecule has 0 radical (unpaired) electrons. The molecule has 0 saturated carbocycles. The summed E-state index contributed by atoms with van der Waals surface area (Å²) in [5, 5.41) is 10.4. The maximum absolute atomic E-state index is 13.7. The van der Waals surface area contributed by atoms with Gasteiger partial charge in [-0.3, -0.25) is 0 Å². The summed E-state index contributed by atoms with van der Waals surface area (Å²) < 4.78 is 20.2. The first-order valence-corrected chi connectivity index (χ1v) is 7.31. The van der Waals surface area contributed by atoms with Gasteiger partial charge < -0.3 is 9.84 Å². The van der Waals surface area contributed by atoms with E-state index in [9.17, 15) is 9.50 Å². The Morgan fingerprint density at radius 1 is 1.30 bits per heavy atom. The van der Waals surface area contributed by atoms with Crippen LogP contribution in [0.3, 0.4) is 0 Å². The fraction of sp³-hybridized carbons (Fsp3) is 0.250. The molecule has 0 aromatic heterocycles. The molecule has 20 heavy (non-hydrogen) atoms. The molecule has 1 unspecified atom stereocenters. The second-order valence-electron chi connectivity index (χ2n) is 4.89. The van der Waals surface area contributed by atoms with Crippen LogP contribution < -0.4 is 4.74 Å². The van der Waals surface area contributed by atoms with Gasteiger partial charge in [-0.15, -0.1) is 0 Å². The van der Waals surface area contributed by atoms with Crippen molar-refractivity contribution in [1.29, 1.82) is 0 Å². The van der Waals surface area contributed by atoms with Crippen molar-refractivity contribution < 1.29 is 14.2 Å². The monoisotopic (exact) mass is 336 g/mol. The van der Waals surface area contributed by atoms with E-state index in [4.69, 9.17) is 4.74 Å². The number of halogens is 2. The van der Waals surface area contributed by atoms with Crippen molar-refractivity contribution >= 4 is 15.9 Å². The molecule has 2 nitrogen and oxygen atoms in total. The van der Waals surface area contributed by atoms with Crippen molar-refractivity contribution in [2.45, 2.75) is 18.9 Å². The van der Waals surface area contributed by atoms with Gasteiger partial charge in [0.15, 0.2) is 0 Å². The van der Waals surface area contributed by atoms with E-state index in [2.05, 4.69) is 15.9 Å². The molecule has 0 fully saturated rings. The summed E-state index contributed by atoms with van der Waals surface area (Å²) in [7, 11) is 0. The summed E-state index contributed by atoms with van der Waals surface area (Å²) in [6.07, 6.45) is 0.295. The van der Waals surface area contributed by atoms with Crippen LogP contribution in [-0.2, 0) is 12.8 Å². The molecular formula is C16H14BrFO2. The fourth-order valence-corrected chi connectivity index (χ4v) is 3.05. The number of aliphatic hydroxyl groups is 1. The van der Waals surface area contributed by atoms with Crippen molar-refractivity contribution in [3.05, 3.63) is 63.4 Å². The third-order valence-corrected chi connectivity index (χ3v) is 3.97. The number of aliphatic hydroxyl groups excluding tert-OH is 1. The SMILES string of the molecule is OC(Cc1ccccc1F)c1cc(Br)cc2c1OCC2. The normalized spacial score (nSPS) is 14.8. The topological polar surface area (TPSA) is 29.5 Å². The van der Waals surface area contributed by atoms with Gasteiger partial charge in [-0.25, -0.2) is 4.39 Å². The Morgan fingerprint density at radius 3 is 2.90 bits per heavy atom. The van der Waals surface area contributed by atoms with Crippen molar-refractivity contribution in [3.8, 4) is 5.75 Å². The number of rotatable bonds is 3. The van der Waals surface area contributed by atoms with E-state index in [-0.39, 0.29) is 12.2 Å². The first kappa shape index (κ1) is 13.6. The molecule has 104 valence electrons. The van der Waals surface area contributed by atoms with Crippen molar-refractivity contribution in [2.75, 3.05) is 6.61 Å². The third-order valence-electron chi connectivity index (χ3n) is 3.51. The van der Waals surface area contributed by atoms with Crippen molar-refractivity contribution in [1.82, 2.24) is 0 Å². The Bertz CT molecular complexity index is 642. The average molecular weight is 337 g/mol. The van der Waals surface area contributed by atoms with Gasteiger partial charge in [-0.2, -0.15) is 0 Å². The molecule has 3 rings (SSSR count). The highest BCUT2D eigenvalue weighted by atomic mass is 79.9. The van der Waals surface area contributed by atoms with Crippen LogP contribution in [0.5, 0.6) is 5.75 Å². The van der Waals surface area contributed by atoms with Crippen LogP contribution in [0.15, 0.2) is 40.9 Å². The standard InChI is InChI=1S/C16H14BrFO2/c17-12-7-11-5-6-20-16(11)13(9-12)15(19)8-10-3-1-2-4-14(10)18/h1-4,7,9,15,19H,5-6,8H2. The van der Waals surface area contributed by atoms with Gasteiger partial charge >= 0.3 is 0 Å². The van der Waals surface area contributed by atoms with E-state index in [1.165, 1.54) is 6.07 Å². The number of hydrogen-bond acceptors (Lipinski definition) is 2. The molecular weight excluding hydrogens is 323 g/mol. The van der Waals surface area contributed by atoms with Crippen LogP contribution in [0.2, 0.25) is 0 Å². The summed E-state index contributed by atoms with van der Waals surface area (Å²) >= 11 is 3.44. The summed E-state index contributed by atoms with van der Waals surface area (Å²) in [4.78, 5) is 0. The highest BCUT2D eigenvalue weighted by molar-refractivity contribution is 9.10. The van der Waals surface area contributed by atoms with Gasteiger partial charge in [0.25, 0.3) is 0 Å².